The summed E-state index contributed by atoms with van der Waals surface area (Å²) in [5.74, 6) is 0. The van der Waals surface area contributed by atoms with Crippen LogP contribution in [0.4, 0.5) is 0 Å². The molecule has 0 aliphatic heterocycles. The van der Waals surface area contributed by atoms with Crippen LogP contribution in [0.1, 0.15) is 29.7 Å². The summed E-state index contributed by atoms with van der Waals surface area (Å²) in [5, 5.41) is 3.59. The Kier molecular flexibility index (Phi) is 6.74. The molecule has 0 spiro atoms. The van der Waals surface area contributed by atoms with Gasteiger partial charge in [0.15, 0.2) is 0 Å². The first-order valence-electron chi connectivity index (χ1n) is 6.58. The number of rotatable bonds is 4. The average molecular weight is 588 g/mol. The maximum absolute atomic E-state index is 3.72. The highest BCUT2D eigenvalue weighted by Gasteiger charge is 2.19. The molecule has 2 aromatic rings. The highest BCUT2D eigenvalue weighted by Crippen LogP contribution is 2.35. The van der Waals surface area contributed by atoms with Crippen molar-refractivity contribution in [3.05, 3.63) is 64.0 Å². The van der Waals surface area contributed by atoms with E-state index in [4.69, 9.17) is 0 Å². The van der Waals surface area contributed by atoms with Gasteiger partial charge in [0, 0.05) is 17.0 Å². The fourth-order valence-corrected chi connectivity index (χ4v) is 4.28. The molecule has 1 nitrogen and oxygen atoms in total. The van der Waals surface area contributed by atoms with Crippen molar-refractivity contribution in [2.24, 2.45) is 0 Å². The monoisotopic (exact) mass is 585 g/mol. The van der Waals surface area contributed by atoms with Gasteiger partial charge in [-0.3, -0.25) is 0 Å². The fourth-order valence-electron chi connectivity index (χ4n) is 2.21. The maximum atomic E-state index is 3.72. The van der Waals surface area contributed by atoms with Crippen LogP contribution >= 0.6 is 70.4 Å². The molecule has 0 bridgehead atoms. The van der Waals surface area contributed by atoms with Crippen LogP contribution in [0.2, 0.25) is 0 Å². The van der Waals surface area contributed by atoms with Crippen molar-refractivity contribution in [2.75, 3.05) is 6.54 Å². The molecule has 1 N–H and O–H groups in total. The lowest BCUT2D eigenvalue weighted by atomic mass is 9.98. The molecular formula is C16H15Br3IN. The molecule has 5 heteroatoms. The van der Waals surface area contributed by atoms with Gasteiger partial charge in [0.25, 0.3) is 0 Å². The van der Waals surface area contributed by atoms with Crippen molar-refractivity contribution in [2.45, 2.75) is 19.9 Å². The second-order valence-corrected chi connectivity index (χ2v) is 8.57. The minimum absolute atomic E-state index is 0.158. The van der Waals surface area contributed by atoms with Gasteiger partial charge in [-0.25, -0.2) is 0 Å². The van der Waals surface area contributed by atoms with Gasteiger partial charge in [-0.2, -0.15) is 0 Å². The molecule has 0 amide bonds. The van der Waals surface area contributed by atoms with Crippen LogP contribution in [0.3, 0.4) is 0 Å². The van der Waals surface area contributed by atoms with E-state index in [0.29, 0.717) is 0 Å². The minimum Gasteiger partial charge on any atom is -0.306 e. The molecule has 1 unspecified atom stereocenters. The van der Waals surface area contributed by atoms with Crippen LogP contribution in [0.5, 0.6) is 0 Å². The van der Waals surface area contributed by atoms with Gasteiger partial charge in [-0.05, 0) is 83.1 Å². The van der Waals surface area contributed by atoms with E-state index in [1.807, 2.05) is 0 Å². The van der Waals surface area contributed by atoms with Gasteiger partial charge in [-0.1, -0.05) is 54.7 Å². The highest BCUT2D eigenvalue weighted by molar-refractivity contribution is 14.1. The van der Waals surface area contributed by atoms with Crippen molar-refractivity contribution >= 4 is 70.4 Å². The van der Waals surface area contributed by atoms with E-state index in [1.165, 1.54) is 20.3 Å². The molecule has 0 aliphatic rings. The first kappa shape index (κ1) is 17.9. The lowest BCUT2D eigenvalue weighted by Gasteiger charge is -2.23. The smallest absolute Gasteiger partial charge is 0.0599 e. The van der Waals surface area contributed by atoms with Gasteiger partial charge in [0.1, 0.15) is 0 Å². The number of hydrogen-bond donors (Lipinski definition) is 1. The van der Waals surface area contributed by atoms with E-state index in [9.17, 15) is 0 Å². The number of halogens is 4. The van der Waals surface area contributed by atoms with Crippen LogP contribution in [0.25, 0.3) is 0 Å². The predicted molar refractivity (Wildman–Crippen MR) is 109 cm³/mol. The summed E-state index contributed by atoms with van der Waals surface area (Å²) < 4.78 is 4.62. The molecule has 0 fully saturated rings. The van der Waals surface area contributed by atoms with E-state index >= 15 is 0 Å². The summed E-state index contributed by atoms with van der Waals surface area (Å²) in [6.45, 7) is 5.14. The predicted octanol–water partition coefficient (Wildman–Crippen LogP) is 6.59. The van der Waals surface area contributed by atoms with E-state index in [-0.39, 0.29) is 6.04 Å². The van der Waals surface area contributed by atoms with Crippen molar-refractivity contribution in [3.8, 4) is 0 Å². The molecule has 0 saturated heterocycles. The molecule has 0 radical (unpaired) electrons. The normalized spacial score (nSPS) is 12.5. The molecule has 112 valence electrons. The Morgan fingerprint density at radius 3 is 2.43 bits per heavy atom. The van der Waals surface area contributed by atoms with Crippen LogP contribution in [-0.4, -0.2) is 6.54 Å². The van der Waals surface area contributed by atoms with Crippen LogP contribution in [0.15, 0.2) is 43.7 Å². The Balaban J connectivity index is 2.58. The quantitative estimate of drug-likeness (QED) is 0.398. The van der Waals surface area contributed by atoms with Crippen LogP contribution in [-0.2, 0) is 0 Å². The summed E-state index contributed by atoms with van der Waals surface area (Å²) in [7, 11) is 0. The van der Waals surface area contributed by atoms with Crippen molar-refractivity contribution < 1.29 is 0 Å². The topological polar surface area (TPSA) is 12.0 Å². The van der Waals surface area contributed by atoms with Gasteiger partial charge < -0.3 is 5.32 Å². The zero-order valence-electron chi connectivity index (χ0n) is 11.7. The molecule has 2 rings (SSSR count). The molecule has 21 heavy (non-hydrogen) atoms. The lowest BCUT2D eigenvalue weighted by Crippen LogP contribution is -2.23. The Labute approximate surface area is 164 Å². The first-order chi connectivity index (χ1) is 9.93. The summed E-state index contributed by atoms with van der Waals surface area (Å²) >= 11 is 13.3. The first-order valence-corrected chi connectivity index (χ1v) is 10.0. The van der Waals surface area contributed by atoms with Crippen LogP contribution in [0, 0.1) is 10.5 Å². The average Bonchev–Trinajstić information content (AvgIpc) is 2.43. The Bertz CT molecular complexity index is 658. The zero-order valence-corrected chi connectivity index (χ0v) is 18.6. The minimum atomic E-state index is 0.158. The second-order valence-electron chi connectivity index (χ2n) is 4.78. The zero-order chi connectivity index (χ0) is 15.6. The Hall–Kier alpha value is 0.570. The standard InChI is InChI=1S/C16H15Br3IN/c1-3-21-16(12-7-10(17)4-5-15(12)20)11-8-13(18)9(2)6-14(11)19/h4-8,16,21H,3H2,1-2H3. The number of nitrogens with one attached hydrogen (secondary N) is 1. The molecular weight excluding hydrogens is 573 g/mol. The Morgan fingerprint density at radius 2 is 1.76 bits per heavy atom. The third-order valence-electron chi connectivity index (χ3n) is 3.27. The number of hydrogen-bond acceptors (Lipinski definition) is 1. The largest absolute Gasteiger partial charge is 0.306 e. The third-order valence-corrected chi connectivity index (χ3v) is 6.28. The van der Waals surface area contributed by atoms with E-state index < -0.39 is 0 Å². The number of aryl methyl sites for hydroxylation is 1. The fraction of sp³-hybridized carbons (Fsp3) is 0.250. The van der Waals surface area contributed by atoms with Gasteiger partial charge in [0.2, 0.25) is 0 Å². The van der Waals surface area contributed by atoms with Crippen molar-refractivity contribution in [1.29, 1.82) is 0 Å². The summed E-state index contributed by atoms with van der Waals surface area (Å²) in [6, 6.07) is 10.9. The molecule has 0 aromatic heterocycles. The SMILES string of the molecule is CCNC(c1cc(Br)c(C)cc1Br)c1cc(Br)ccc1I. The molecule has 2 aromatic carbocycles. The van der Waals surface area contributed by atoms with E-state index in [0.717, 1.165) is 20.0 Å². The van der Waals surface area contributed by atoms with Gasteiger partial charge >= 0.3 is 0 Å². The summed E-state index contributed by atoms with van der Waals surface area (Å²) in [5.41, 5.74) is 3.75. The summed E-state index contributed by atoms with van der Waals surface area (Å²) in [6.07, 6.45) is 0. The maximum Gasteiger partial charge on any atom is 0.0599 e. The van der Waals surface area contributed by atoms with Gasteiger partial charge in [-0.15, -0.1) is 0 Å². The Morgan fingerprint density at radius 1 is 1.05 bits per heavy atom. The highest BCUT2D eigenvalue weighted by atomic mass is 127. The third kappa shape index (κ3) is 4.31. The molecule has 0 saturated carbocycles. The van der Waals surface area contributed by atoms with Crippen LogP contribution < -0.4 is 5.32 Å². The molecule has 0 aliphatic carbocycles. The van der Waals surface area contributed by atoms with Gasteiger partial charge in [0.05, 0.1) is 6.04 Å². The lowest BCUT2D eigenvalue weighted by molar-refractivity contribution is 0.625. The molecule has 1 atom stereocenters. The van der Waals surface area contributed by atoms with Crippen molar-refractivity contribution in [3.63, 3.8) is 0 Å². The number of benzene rings is 2. The van der Waals surface area contributed by atoms with Crippen molar-refractivity contribution in [1.82, 2.24) is 5.32 Å². The van der Waals surface area contributed by atoms with E-state index in [2.05, 4.69) is 120 Å². The molecule has 0 heterocycles. The summed E-state index contributed by atoms with van der Waals surface area (Å²) in [4.78, 5) is 0. The van der Waals surface area contributed by atoms with E-state index in [1.54, 1.807) is 0 Å². The second kappa shape index (κ2) is 7.90.